The number of carbonyl (C=O) groups is 1. The molecule has 7 rings (SSSR count). The summed E-state index contributed by atoms with van der Waals surface area (Å²) in [4.78, 5) is 11.9. The van der Waals surface area contributed by atoms with E-state index in [1.54, 1.807) is 13.0 Å². The molecular weight excluding hydrogens is 660 g/mol. The largest absolute Gasteiger partial charge is 0.458 e. The van der Waals surface area contributed by atoms with Gasteiger partial charge in [0.15, 0.2) is 12.6 Å². The van der Waals surface area contributed by atoms with E-state index >= 15 is 0 Å². The zero-order valence-corrected chi connectivity index (χ0v) is 28.6. The maximum atomic E-state index is 12.5. The number of cyclic esters (lactones) is 1. The van der Waals surface area contributed by atoms with Crippen molar-refractivity contribution >= 4 is 5.97 Å². The van der Waals surface area contributed by atoms with Crippen LogP contribution in [0.15, 0.2) is 11.6 Å². The lowest BCUT2D eigenvalue weighted by Crippen LogP contribution is -2.69. The first-order chi connectivity index (χ1) is 23.6. The Hall–Kier alpha value is -1.31. The standard InChI is InChI=1S/C35H54O15/c1-16-29(50-31-27(42)25(40)24(39)22(13-36)49-31)26(41)28(43)30(47-16)48-18-3-8-33(15-37)20-4-7-32(2)19(17-11-23(38)46-14-17)6-10-35(32,45)21(20)5-9-34(33,44)12-18/h11,16,18-22,24-31,36-37,39-45H,3-10,12-15H2,1-2H3. The molecule has 0 spiro atoms. The Bertz CT molecular complexity index is 1310. The van der Waals surface area contributed by atoms with E-state index in [-0.39, 0.29) is 43.4 Å². The molecule has 18 unspecified atom stereocenters. The van der Waals surface area contributed by atoms with Gasteiger partial charge in [-0.15, -0.1) is 0 Å². The lowest BCUT2D eigenvalue weighted by Gasteiger charge is -2.66. The first-order valence-corrected chi connectivity index (χ1v) is 18.2. The van der Waals surface area contributed by atoms with Gasteiger partial charge >= 0.3 is 5.97 Å². The molecule has 4 saturated carbocycles. The number of aliphatic hydroxyl groups is 9. The molecule has 284 valence electrons. The molecule has 0 aromatic heterocycles. The minimum Gasteiger partial charge on any atom is -0.458 e. The van der Waals surface area contributed by atoms with Crippen molar-refractivity contribution in [3.05, 3.63) is 11.6 Å². The highest BCUT2D eigenvalue weighted by molar-refractivity contribution is 5.85. The summed E-state index contributed by atoms with van der Waals surface area (Å²) in [6.07, 6.45) is -8.77. The SMILES string of the molecule is CC1OC(OC2CCC3(CO)C4CCC5(C)C(C6=CC(=O)OC6)CCC5(O)C4CCC3(O)C2)C(O)C(O)C1OC1OC(CO)C(O)C(O)C1O. The normalized spacial score (nSPS) is 55.1. The lowest BCUT2D eigenvalue weighted by molar-refractivity contribution is -0.362. The van der Waals surface area contributed by atoms with Crippen LogP contribution in [0.4, 0.5) is 0 Å². The van der Waals surface area contributed by atoms with Crippen LogP contribution in [0.1, 0.15) is 71.6 Å². The fourth-order valence-corrected chi connectivity index (χ4v) is 11.4. The van der Waals surface area contributed by atoms with E-state index < -0.39 is 96.2 Å². The Morgan fingerprint density at radius 2 is 1.52 bits per heavy atom. The molecule has 3 heterocycles. The van der Waals surface area contributed by atoms with Crippen LogP contribution in [0.25, 0.3) is 0 Å². The van der Waals surface area contributed by atoms with Gasteiger partial charge < -0.3 is 69.6 Å². The van der Waals surface area contributed by atoms with Crippen molar-refractivity contribution in [2.45, 2.75) is 150 Å². The van der Waals surface area contributed by atoms with Crippen molar-refractivity contribution < 1.29 is 74.4 Å². The Labute approximate surface area is 290 Å². The molecule has 3 aliphatic heterocycles. The number of carbonyl (C=O) groups excluding carboxylic acids is 1. The molecule has 0 aromatic rings. The number of hydrogen-bond acceptors (Lipinski definition) is 15. The fraction of sp³-hybridized carbons (Fsp3) is 0.914. The first-order valence-electron chi connectivity index (χ1n) is 18.2. The van der Waals surface area contributed by atoms with Crippen molar-refractivity contribution in [1.29, 1.82) is 0 Å². The molecule has 0 bridgehead atoms. The van der Waals surface area contributed by atoms with Crippen LogP contribution in [-0.4, -0.2) is 150 Å². The average molecular weight is 715 g/mol. The van der Waals surface area contributed by atoms with Gasteiger partial charge in [-0.1, -0.05) is 6.92 Å². The van der Waals surface area contributed by atoms with Crippen LogP contribution in [0.5, 0.6) is 0 Å². The van der Waals surface area contributed by atoms with Crippen molar-refractivity contribution in [2.24, 2.45) is 28.6 Å². The van der Waals surface area contributed by atoms with Gasteiger partial charge in [-0.25, -0.2) is 4.79 Å². The molecule has 6 fully saturated rings. The van der Waals surface area contributed by atoms with Gasteiger partial charge in [-0.05, 0) is 81.6 Å². The highest BCUT2D eigenvalue weighted by atomic mass is 16.7. The third-order valence-corrected chi connectivity index (χ3v) is 14.3. The van der Waals surface area contributed by atoms with E-state index in [0.717, 1.165) is 12.0 Å². The molecular formula is C35H54O15. The predicted molar refractivity (Wildman–Crippen MR) is 168 cm³/mol. The van der Waals surface area contributed by atoms with Gasteiger partial charge in [0.05, 0.1) is 36.6 Å². The van der Waals surface area contributed by atoms with E-state index in [0.29, 0.717) is 44.9 Å². The van der Waals surface area contributed by atoms with Crippen molar-refractivity contribution in [2.75, 3.05) is 19.8 Å². The van der Waals surface area contributed by atoms with E-state index in [1.165, 1.54) is 0 Å². The molecule has 15 nitrogen and oxygen atoms in total. The molecule has 7 aliphatic rings. The topological polar surface area (TPSA) is 245 Å². The Balaban J connectivity index is 1.02. The highest BCUT2D eigenvalue weighted by Gasteiger charge is 2.71. The van der Waals surface area contributed by atoms with Crippen LogP contribution in [0.3, 0.4) is 0 Å². The van der Waals surface area contributed by atoms with E-state index in [9.17, 15) is 50.8 Å². The predicted octanol–water partition coefficient (Wildman–Crippen LogP) is -1.63. The second-order valence-corrected chi connectivity index (χ2v) is 16.4. The molecule has 50 heavy (non-hydrogen) atoms. The molecule has 0 radical (unpaired) electrons. The molecule has 18 atom stereocenters. The number of esters is 1. The second kappa shape index (κ2) is 13.2. The maximum absolute atomic E-state index is 12.5. The Morgan fingerprint density at radius 3 is 2.20 bits per heavy atom. The van der Waals surface area contributed by atoms with Gasteiger partial charge in [0.1, 0.15) is 49.3 Å². The molecule has 9 N–H and O–H groups in total. The van der Waals surface area contributed by atoms with E-state index in [2.05, 4.69) is 6.92 Å². The van der Waals surface area contributed by atoms with Crippen LogP contribution in [0, 0.1) is 28.6 Å². The van der Waals surface area contributed by atoms with E-state index in [4.69, 9.17) is 23.7 Å². The summed E-state index contributed by atoms with van der Waals surface area (Å²) >= 11 is 0. The van der Waals surface area contributed by atoms with Crippen LogP contribution in [0.2, 0.25) is 0 Å². The quantitative estimate of drug-likeness (QED) is 0.106. The maximum Gasteiger partial charge on any atom is 0.331 e. The fourth-order valence-electron chi connectivity index (χ4n) is 11.4. The summed E-state index contributed by atoms with van der Waals surface area (Å²) < 4.78 is 28.5. The summed E-state index contributed by atoms with van der Waals surface area (Å²) in [6.45, 7) is 3.03. The van der Waals surface area contributed by atoms with Gasteiger partial charge in [-0.3, -0.25) is 0 Å². The Kier molecular flexibility index (Phi) is 9.79. The second-order valence-electron chi connectivity index (χ2n) is 16.4. The summed E-state index contributed by atoms with van der Waals surface area (Å²) in [6, 6.07) is 0. The Morgan fingerprint density at radius 1 is 0.820 bits per heavy atom. The zero-order chi connectivity index (χ0) is 36.0. The molecule has 15 heteroatoms. The summed E-state index contributed by atoms with van der Waals surface area (Å²) in [5.74, 6) is -0.602. The molecule has 4 aliphatic carbocycles. The minimum atomic E-state index is -1.71. The number of fused-ring (bicyclic) bond motifs is 5. The zero-order valence-electron chi connectivity index (χ0n) is 28.6. The smallest absolute Gasteiger partial charge is 0.331 e. The van der Waals surface area contributed by atoms with Gasteiger partial charge in [0.25, 0.3) is 0 Å². The number of aliphatic hydroxyl groups excluding tert-OH is 7. The third-order valence-electron chi connectivity index (χ3n) is 14.3. The highest BCUT2D eigenvalue weighted by Crippen LogP contribution is 2.70. The monoisotopic (exact) mass is 714 g/mol. The van der Waals surface area contributed by atoms with Crippen molar-refractivity contribution in [1.82, 2.24) is 0 Å². The average Bonchev–Trinajstić information content (AvgIpc) is 3.64. The van der Waals surface area contributed by atoms with Crippen LogP contribution in [-0.2, 0) is 28.5 Å². The molecule has 0 amide bonds. The number of rotatable bonds is 7. The lowest BCUT2D eigenvalue weighted by atomic mass is 9.41. The number of hydrogen-bond donors (Lipinski definition) is 9. The first kappa shape index (κ1) is 37.0. The van der Waals surface area contributed by atoms with Crippen molar-refractivity contribution in [3.63, 3.8) is 0 Å². The van der Waals surface area contributed by atoms with Gasteiger partial charge in [0.2, 0.25) is 0 Å². The summed E-state index contributed by atoms with van der Waals surface area (Å²) in [5, 5.41) is 98.2. The molecule has 2 saturated heterocycles. The minimum absolute atomic E-state index is 0.0248. The summed E-state index contributed by atoms with van der Waals surface area (Å²) in [7, 11) is 0. The van der Waals surface area contributed by atoms with Crippen LogP contribution < -0.4 is 0 Å². The number of ether oxygens (including phenoxy) is 5. The third kappa shape index (κ3) is 5.45. The van der Waals surface area contributed by atoms with Crippen molar-refractivity contribution in [3.8, 4) is 0 Å². The van der Waals surface area contributed by atoms with Gasteiger partial charge in [0, 0.05) is 23.3 Å². The van der Waals surface area contributed by atoms with Crippen LogP contribution >= 0.6 is 0 Å². The summed E-state index contributed by atoms with van der Waals surface area (Å²) in [5.41, 5.74) is -2.74. The molecule has 0 aromatic carbocycles. The van der Waals surface area contributed by atoms with Gasteiger partial charge in [-0.2, -0.15) is 0 Å². The van der Waals surface area contributed by atoms with E-state index in [1.807, 2.05) is 0 Å².